The number of carbonyl (C=O) groups excluding carboxylic acids is 1. The fourth-order valence-corrected chi connectivity index (χ4v) is 1.24. The molecule has 0 aliphatic heterocycles. The Labute approximate surface area is 115 Å². The summed E-state index contributed by atoms with van der Waals surface area (Å²) in [5.74, 6) is -0.505. The minimum absolute atomic E-state index is 0. The maximum Gasteiger partial charge on any atom is 0.387 e. The molecule has 1 aromatic rings. The van der Waals surface area contributed by atoms with Gasteiger partial charge in [0, 0.05) is 18.9 Å². The van der Waals surface area contributed by atoms with Crippen LogP contribution in [0.15, 0.2) is 24.3 Å². The monoisotopic (exact) mass is 296 g/mol. The van der Waals surface area contributed by atoms with Crippen molar-refractivity contribution in [1.29, 1.82) is 0 Å². The highest BCUT2D eigenvalue weighted by atomic mass is 35.5. The van der Waals surface area contributed by atoms with Crippen LogP contribution in [0.5, 0.6) is 5.75 Å². The van der Waals surface area contributed by atoms with Crippen molar-refractivity contribution >= 4 is 24.0 Å². The van der Waals surface area contributed by atoms with Gasteiger partial charge in [0.15, 0.2) is 0 Å². The first-order valence-corrected chi connectivity index (χ1v) is 5.13. The van der Waals surface area contributed by atoms with Gasteiger partial charge in [-0.15, -0.1) is 12.4 Å². The highest BCUT2D eigenvalue weighted by Crippen LogP contribution is 2.19. The van der Waals surface area contributed by atoms with Gasteiger partial charge in [-0.25, -0.2) is 0 Å². The molecule has 8 heteroatoms. The predicted molar refractivity (Wildman–Crippen MR) is 68.8 cm³/mol. The van der Waals surface area contributed by atoms with Gasteiger partial charge < -0.3 is 20.5 Å². The van der Waals surface area contributed by atoms with Gasteiger partial charge in [0.05, 0.1) is 6.61 Å². The summed E-state index contributed by atoms with van der Waals surface area (Å²) < 4.78 is 32.9. The van der Waals surface area contributed by atoms with Gasteiger partial charge in [0.25, 0.3) is 0 Å². The summed E-state index contributed by atoms with van der Waals surface area (Å²) in [6.07, 6.45) is 0. The summed E-state index contributed by atoms with van der Waals surface area (Å²) in [6.45, 7) is -2.84. The van der Waals surface area contributed by atoms with Crippen molar-refractivity contribution < 1.29 is 23.0 Å². The fraction of sp³-hybridized carbons (Fsp3) is 0.364. The van der Waals surface area contributed by atoms with E-state index in [9.17, 15) is 13.6 Å². The van der Waals surface area contributed by atoms with Crippen molar-refractivity contribution in [1.82, 2.24) is 0 Å². The Hall–Kier alpha value is -1.44. The number of hydrogen-bond acceptors (Lipinski definition) is 4. The molecule has 0 saturated carbocycles. The lowest BCUT2D eigenvalue weighted by atomic mass is 10.2. The molecule has 0 aliphatic carbocycles. The number of carbonyl (C=O) groups is 1. The molecule has 0 bridgehead atoms. The Morgan fingerprint density at radius 2 is 2.16 bits per heavy atom. The molecule has 108 valence electrons. The Bertz CT molecular complexity index is 407. The van der Waals surface area contributed by atoms with Crippen LogP contribution in [-0.2, 0) is 9.53 Å². The molecule has 0 aromatic heterocycles. The number of halogens is 3. The molecule has 5 nitrogen and oxygen atoms in total. The minimum atomic E-state index is -2.91. The second kappa shape index (κ2) is 8.63. The zero-order valence-corrected chi connectivity index (χ0v) is 11.0. The molecule has 1 aromatic carbocycles. The van der Waals surface area contributed by atoms with Crippen LogP contribution in [0, 0.1) is 0 Å². The van der Waals surface area contributed by atoms with E-state index in [0.29, 0.717) is 5.69 Å². The SMILES string of the molecule is COCC(N)C(=O)Nc1cccc(OC(F)F)c1.Cl. The van der Waals surface area contributed by atoms with Crippen molar-refractivity contribution in [3.8, 4) is 5.75 Å². The van der Waals surface area contributed by atoms with Crippen LogP contribution in [0.2, 0.25) is 0 Å². The highest BCUT2D eigenvalue weighted by molar-refractivity contribution is 5.94. The molecule has 19 heavy (non-hydrogen) atoms. The summed E-state index contributed by atoms with van der Waals surface area (Å²) >= 11 is 0. The van der Waals surface area contributed by atoms with Crippen LogP contribution in [0.3, 0.4) is 0 Å². The second-order valence-corrected chi connectivity index (χ2v) is 3.46. The maximum atomic E-state index is 12.0. The quantitative estimate of drug-likeness (QED) is 0.836. The lowest BCUT2D eigenvalue weighted by molar-refractivity contribution is -0.118. The van der Waals surface area contributed by atoms with Crippen molar-refractivity contribution in [2.45, 2.75) is 12.7 Å². The van der Waals surface area contributed by atoms with E-state index in [1.165, 1.54) is 31.4 Å². The number of amides is 1. The summed E-state index contributed by atoms with van der Waals surface area (Å²) in [4.78, 5) is 11.5. The molecule has 1 atom stereocenters. The van der Waals surface area contributed by atoms with Gasteiger partial charge in [-0.3, -0.25) is 4.79 Å². The number of benzene rings is 1. The van der Waals surface area contributed by atoms with Crippen LogP contribution in [-0.4, -0.2) is 32.3 Å². The largest absolute Gasteiger partial charge is 0.435 e. The number of ether oxygens (including phenoxy) is 2. The van der Waals surface area contributed by atoms with E-state index < -0.39 is 18.6 Å². The molecular weight excluding hydrogens is 282 g/mol. The van der Waals surface area contributed by atoms with E-state index in [2.05, 4.69) is 10.1 Å². The summed E-state index contributed by atoms with van der Waals surface area (Å²) in [6, 6.07) is 4.83. The number of nitrogens with one attached hydrogen (secondary N) is 1. The number of nitrogens with two attached hydrogens (primary N) is 1. The van der Waals surface area contributed by atoms with E-state index in [-0.39, 0.29) is 24.8 Å². The standard InChI is InChI=1S/C11H14F2N2O3.ClH/c1-17-6-9(14)10(16)15-7-3-2-4-8(5-7)18-11(12)13;/h2-5,9,11H,6,14H2,1H3,(H,15,16);1H. The Balaban J connectivity index is 0.00000324. The first-order chi connectivity index (χ1) is 8.52. The topological polar surface area (TPSA) is 73.6 Å². The smallest absolute Gasteiger partial charge is 0.387 e. The summed E-state index contributed by atoms with van der Waals surface area (Å²) in [5, 5.41) is 2.47. The molecule has 1 rings (SSSR count). The number of rotatable bonds is 6. The third kappa shape index (κ3) is 6.32. The third-order valence-corrected chi connectivity index (χ3v) is 2.01. The Morgan fingerprint density at radius 3 is 2.74 bits per heavy atom. The minimum Gasteiger partial charge on any atom is -0.435 e. The van der Waals surface area contributed by atoms with Crippen molar-refractivity contribution in [2.75, 3.05) is 19.0 Å². The molecular formula is C11H15ClF2N2O3. The number of methoxy groups -OCH3 is 1. The van der Waals surface area contributed by atoms with Crippen molar-refractivity contribution in [2.24, 2.45) is 5.73 Å². The third-order valence-electron chi connectivity index (χ3n) is 2.01. The molecule has 0 heterocycles. The Kier molecular flexibility index (Phi) is 7.97. The van der Waals surface area contributed by atoms with Crippen LogP contribution < -0.4 is 15.8 Å². The van der Waals surface area contributed by atoms with E-state index in [0.717, 1.165) is 0 Å². The van der Waals surface area contributed by atoms with Gasteiger partial charge in [0.2, 0.25) is 5.91 Å². The molecule has 0 spiro atoms. The Morgan fingerprint density at radius 1 is 1.47 bits per heavy atom. The first kappa shape index (κ1) is 17.6. The summed E-state index contributed by atoms with van der Waals surface area (Å²) in [7, 11) is 1.42. The summed E-state index contributed by atoms with van der Waals surface area (Å²) in [5.41, 5.74) is 5.83. The maximum absolute atomic E-state index is 12.0. The fourth-order valence-electron chi connectivity index (χ4n) is 1.24. The average Bonchev–Trinajstić information content (AvgIpc) is 2.28. The van der Waals surface area contributed by atoms with E-state index in [1.54, 1.807) is 0 Å². The highest BCUT2D eigenvalue weighted by Gasteiger charge is 2.13. The van der Waals surface area contributed by atoms with Crippen LogP contribution in [0.1, 0.15) is 0 Å². The van der Waals surface area contributed by atoms with Crippen molar-refractivity contribution in [3.63, 3.8) is 0 Å². The second-order valence-electron chi connectivity index (χ2n) is 3.46. The van der Waals surface area contributed by atoms with Gasteiger partial charge in [-0.1, -0.05) is 6.07 Å². The van der Waals surface area contributed by atoms with Crippen LogP contribution in [0.25, 0.3) is 0 Å². The zero-order chi connectivity index (χ0) is 13.5. The zero-order valence-electron chi connectivity index (χ0n) is 10.1. The molecule has 1 amide bonds. The van der Waals surface area contributed by atoms with Gasteiger partial charge in [0.1, 0.15) is 11.8 Å². The van der Waals surface area contributed by atoms with Crippen LogP contribution in [0.4, 0.5) is 14.5 Å². The number of alkyl halides is 2. The molecule has 0 aliphatic rings. The van der Waals surface area contributed by atoms with Gasteiger partial charge >= 0.3 is 6.61 Å². The van der Waals surface area contributed by atoms with Gasteiger partial charge in [-0.2, -0.15) is 8.78 Å². The molecule has 0 saturated heterocycles. The molecule has 0 radical (unpaired) electrons. The first-order valence-electron chi connectivity index (χ1n) is 5.13. The molecule has 3 N–H and O–H groups in total. The number of anilines is 1. The lowest BCUT2D eigenvalue weighted by Gasteiger charge is -2.12. The van der Waals surface area contributed by atoms with Crippen molar-refractivity contribution in [3.05, 3.63) is 24.3 Å². The van der Waals surface area contributed by atoms with E-state index in [4.69, 9.17) is 10.5 Å². The van der Waals surface area contributed by atoms with Gasteiger partial charge in [-0.05, 0) is 12.1 Å². The normalized spacial score (nSPS) is 11.6. The van der Waals surface area contributed by atoms with E-state index >= 15 is 0 Å². The average molecular weight is 297 g/mol. The predicted octanol–water partition coefficient (Wildman–Crippen LogP) is 1.62. The van der Waals surface area contributed by atoms with E-state index in [1.807, 2.05) is 0 Å². The van der Waals surface area contributed by atoms with Crippen LogP contribution >= 0.6 is 12.4 Å². The number of hydrogen-bond donors (Lipinski definition) is 2. The lowest BCUT2D eigenvalue weighted by Crippen LogP contribution is -2.39. The molecule has 1 unspecified atom stereocenters. The molecule has 0 fully saturated rings.